The molecule has 1 aliphatic heterocycles. The van der Waals surface area contributed by atoms with Crippen molar-refractivity contribution in [3.63, 3.8) is 0 Å². The average molecular weight is 660 g/mol. The molecule has 2 heterocycles. The average Bonchev–Trinajstić information content (AvgIpc) is 3.58. The molecule has 0 radical (unpaired) electrons. The first-order chi connectivity index (χ1) is 22.4. The lowest BCUT2D eigenvalue weighted by molar-refractivity contribution is -0.192. The van der Waals surface area contributed by atoms with Gasteiger partial charge in [0.1, 0.15) is 17.6 Å². The van der Waals surface area contributed by atoms with E-state index in [1.54, 1.807) is 24.5 Å². The molecule has 4 N–H and O–H groups in total. The molecular weight excluding hydrogens is 619 g/mol. The fourth-order valence-electron chi connectivity index (χ4n) is 5.42. The number of ketones is 1. The van der Waals surface area contributed by atoms with E-state index in [0.29, 0.717) is 51.7 Å². The summed E-state index contributed by atoms with van der Waals surface area (Å²) < 4.78 is 37.0. The number of urea groups is 1. The van der Waals surface area contributed by atoms with Gasteiger partial charge in [-0.25, -0.2) is 14.6 Å². The van der Waals surface area contributed by atoms with E-state index in [2.05, 4.69) is 20.6 Å². The zero-order chi connectivity index (χ0) is 34.5. The van der Waals surface area contributed by atoms with Gasteiger partial charge in [-0.2, -0.15) is 13.2 Å². The number of carbonyl (C=O) groups is 4. The second-order valence-corrected chi connectivity index (χ2v) is 11.1. The molecule has 0 saturated carbocycles. The van der Waals surface area contributed by atoms with Crippen LogP contribution in [0, 0.1) is 0 Å². The lowest BCUT2D eigenvalue weighted by Gasteiger charge is -2.42. The SMILES string of the molecule is CCCC(=O)C1(c2ccccc2)CCN(C(=O)[C@H](Cc2ccc(OC)cc2)NC(=O)NCCc2c[nH]cn2)CC1.O=C(O)C(F)(F)F. The summed E-state index contributed by atoms with van der Waals surface area (Å²) in [5.41, 5.74) is 2.19. The largest absolute Gasteiger partial charge is 0.497 e. The van der Waals surface area contributed by atoms with Gasteiger partial charge in [-0.15, -0.1) is 0 Å². The number of methoxy groups -OCH3 is 1. The highest BCUT2D eigenvalue weighted by atomic mass is 19.4. The fourth-order valence-corrected chi connectivity index (χ4v) is 5.42. The highest BCUT2D eigenvalue weighted by Crippen LogP contribution is 2.38. The standard InChI is InChI=1S/C31H39N5O4.C2HF3O2/c1-3-7-28(37)31(24-8-5-4-6-9-24)15-18-36(19-16-31)29(38)27(20-23-10-12-26(40-2)13-11-23)35-30(39)33-17-14-25-21-32-22-34-25;3-2(4,5)1(6)7/h4-6,8-13,21-22,27H,3,7,14-20H2,1-2H3,(H,32,34)(H2,33,35,39);(H,6,7)/t27-;/m0./s1. The van der Waals surface area contributed by atoms with E-state index in [1.165, 1.54) is 0 Å². The Morgan fingerprint density at radius 2 is 1.70 bits per heavy atom. The van der Waals surface area contributed by atoms with Crippen molar-refractivity contribution in [1.82, 2.24) is 25.5 Å². The number of amides is 3. The Morgan fingerprint density at radius 1 is 1.06 bits per heavy atom. The molecule has 1 fully saturated rings. The number of H-pyrrole nitrogens is 1. The van der Waals surface area contributed by atoms with Crippen molar-refractivity contribution >= 4 is 23.7 Å². The fraction of sp³-hybridized carbons (Fsp3) is 0.424. The molecule has 47 heavy (non-hydrogen) atoms. The van der Waals surface area contributed by atoms with Crippen molar-refractivity contribution in [3.05, 3.63) is 83.9 Å². The number of aromatic amines is 1. The van der Waals surface area contributed by atoms with Gasteiger partial charge in [-0.05, 0) is 42.5 Å². The van der Waals surface area contributed by atoms with Crippen LogP contribution in [-0.4, -0.2) is 82.6 Å². The Balaban J connectivity index is 0.000000771. The molecule has 254 valence electrons. The number of carbonyl (C=O) groups excluding carboxylic acids is 3. The molecule has 2 aromatic carbocycles. The Morgan fingerprint density at radius 3 is 2.23 bits per heavy atom. The number of carboxylic acids is 1. The maximum Gasteiger partial charge on any atom is 0.490 e. The van der Waals surface area contributed by atoms with Crippen molar-refractivity contribution in [2.24, 2.45) is 0 Å². The number of piperidine rings is 1. The van der Waals surface area contributed by atoms with E-state index in [0.717, 1.165) is 29.0 Å². The van der Waals surface area contributed by atoms with Crippen molar-refractivity contribution in [2.75, 3.05) is 26.7 Å². The molecule has 0 unspecified atom stereocenters. The first-order valence-electron chi connectivity index (χ1n) is 15.2. The number of benzene rings is 2. The minimum atomic E-state index is -5.08. The topological polar surface area (TPSA) is 154 Å². The van der Waals surface area contributed by atoms with Crippen LogP contribution < -0.4 is 15.4 Å². The second kappa shape index (κ2) is 17.2. The van der Waals surface area contributed by atoms with Crippen molar-refractivity contribution in [3.8, 4) is 5.75 Å². The number of carboxylic acid groups (broad SMARTS) is 1. The van der Waals surface area contributed by atoms with Crippen molar-refractivity contribution < 1.29 is 42.2 Å². The molecule has 0 aliphatic carbocycles. The molecule has 0 spiro atoms. The van der Waals surface area contributed by atoms with E-state index in [1.807, 2.05) is 61.5 Å². The predicted octanol–water partition coefficient (Wildman–Crippen LogP) is 4.43. The second-order valence-electron chi connectivity index (χ2n) is 11.1. The van der Waals surface area contributed by atoms with Crippen LogP contribution >= 0.6 is 0 Å². The molecule has 1 aromatic heterocycles. The first-order valence-corrected chi connectivity index (χ1v) is 15.2. The van der Waals surface area contributed by atoms with Crippen molar-refractivity contribution in [2.45, 2.75) is 63.1 Å². The number of aliphatic carboxylic acids is 1. The van der Waals surface area contributed by atoms with Crippen LogP contribution in [0.15, 0.2) is 67.1 Å². The molecule has 1 aliphatic rings. The van der Waals surface area contributed by atoms with E-state index in [4.69, 9.17) is 14.6 Å². The quantitative estimate of drug-likeness (QED) is 0.224. The molecule has 4 rings (SSSR count). The van der Waals surface area contributed by atoms with Crippen LogP contribution in [0.5, 0.6) is 5.75 Å². The van der Waals surface area contributed by atoms with E-state index < -0.39 is 29.6 Å². The zero-order valence-corrected chi connectivity index (χ0v) is 26.3. The third-order valence-corrected chi connectivity index (χ3v) is 7.93. The summed E-state index contributed by atoms with van der Waals surface area (Å²) in [4.78, 5) is 57.8. The molecule has 3 amide bonds. The summed E-state index contributed by atoms with van der Waals surface area (Å²) in [5.74, 6) is -1.95. The van der Waals surface area contributed by atoms with Gasteiger partial charge in [0.2, 0.25) is 5.91 Å². The number of hydrogen-bond acceptors (Lipinski definition) is 6. The number of hydrogen-bond donors (Lipinski definition) is 4. The van der Waals surface area contributed by atoms with Gasteiger partial charge in [0.15, 0.2) is 0 Å². The minimum Gasteiger partial charge on any atom is -0.497 e. The number of nitrogens with one attached hydrogen (secondary N) is 3. The lowest BCUT2D eigenvalue weighted by atomic mass is 9.68. The van der Waals surface area contributed by atoms with E-state index in [9.17, 15) is 27.6 Å². The maximum atomic E-state index is 13.8. The van der Waals surface area contributed by atoms with Gasteiger partial charge in [0, 0.05) is 45.1 Å². The third kappa shape index (κ3) is 10.6. The summed E-state index contributed by atoms with van der Waals surface area (Å²) in [7, 11) is 1.60. The Labute approximate surface area is 270 Å². The first kappa shape index (κ1) is 36.6. The van der Waals surface area contributed by atoms with Crippen LogP contribution in [0.25, 0.3) is 0 Å². The molecular formula is C33H40F3N5O6. The monoisotopic (exact) mass is 659 g/mol. The highest BCUT2D eigenvalue weighted by molar-refractivity contribution is 5.91. The van der Waals surface area contributed by atoms with E-state index >= 15 is 0 Å². The predicted molar refractivity (Wildman–Crippen MR) is 167 cm³/mol. The Bertz CT molecular complexity index is 1440. The van der Waals surface area contributed by atoms with E-state index in [-0.39, 0.29) is 11.7 Å². The molecule has 11 nitrogen and oxygen atoms in total. The number of rotatable bonds is 12. The zero-order valence-electron chi connectivity index (χ0n) is 26.3. The number of halogens is 3. The maximum absolute atomic E-state index is 13.8. The summed E-state index contributed by atoms with van der Waals surface area (Å²) >= 11 is 0. The highest BCUT2D eigenvalue weighted by Gasteiger charge is 2.43. The van der Waals surface area contributed by atoms with Gasteiger partial charge in [0.25, 0.3) is 0 Å². The van der Waals surface area contributed by atoms with Gasteiger partial charge in [-0.1, -0.05) is 49.4 Å². The van der Waals surface area contributed by atoms with Crippen LogP contribution in [0.3, 0.4) is 0 Å². The number of Topliss-reactive ketones (excluding diaryl/α,β-unsaturated/α-hetero) is 1. The lowest BCUT2D eigenvalue weighted by Crippen LogP contribution is -2.56. The Hall–Kier alpha value is -4.88. The number of alkyl halides is 3. The van der Waals surface area contributed by atoms with Crippen LogP contribution in [0.1, 0.15) is 49.4 Å². The minimum absolute atomic E-state index is 0.150. The van der Waals surface area contributed by atoms with Crippen LogP contribution in [-0.2, 0) is 32.6 Å². The molecule has 14 heteroatoms. The number of likely N-dealkylation sites (tertiary alicyclic amines) is 1. The van der Waals surface area contributed by atoms with Gasteiger partial charge >= 0.3 is 18.2 Å². The normalized spacial score (nSPS) is 14.6. The number of nitrogens with zero attached hydrogens (tertiary/aromatic N) is 2. The van der Waals surface area contributed by atoms with Crippen molar-refractivity contribution in [1.29, 1.82) is 0 Å². The molecule has 0 bridgehead atoms. The smallest absolute Gasteiger partial charge is 0.490 e. The number of aromatic nitrogens is 2. The number of imidazole rings is 1. The summed E-state index contributed by atoms with van der Waals surface area (Å²) in [6.07, 6.45) is 1.65. The Kier molecular flexibility index (Phi) is 13.4. The molecule has 3 aromatic rings. The van der Waals surface area contributed by atoms with Crippen LogP contribution in [0.2, 0.25) is 0 Å². The van der Waals surface area contributed by atoms with Gasteiger partial charge in [-0.3, -0.25) is 9.59 Å². The molecule has 1 saturated heterocycles. The molecule has 1 atom stereocenters. The summed E-state index contributed by atoms with van der Waals surface area (Å²) in [6, 6.07) is 16.2. The van der Waals surface area contributed by atoms with Gasteiger partial charge in [0.05, 0.1) is 24.5 Å². The van der Waals surface area contributed by atoms with Crippen LogP contribution in [0.4, 0.5) is 18.0 Å². The van der Waals surface area contributed by atoms with Gasteiger partial charge < -0.3 is 30.4 Å². The summed E-state index contributed by atoms with van der Waals surface area (Å²) in [5, 5.41) is 12.9. The third-order valence-electron chi connectivity index (χ3n) is 7.93. The summed E-state index contributed by atoms with van der Waals surface area (Å²) in [6.45, 7) is 3.31. The number of ether oxygens (including phenoxy) is 1.